The zero-order valence-corrected chi connectivity index (χ0v) is 18.9. The Balaban J connectivity index is 1.67. The summed E-state index contributed by atoms with van der Waals surface area (Å²) in [6.07, 6.45) is 3.27. The number of amides is 1. The minimum atomic E-state index is -0.183. The molecule has 0 aliphatic carbocycles. The van der Waals surface area contributed by atoms with E-state index in [0.29, 0.717) is 23.1 Å². The highest BCUT2D eigenvalue weighted by atomic mass is 35.5. The molecule has 0 saturated carbocycles. The average molecular weight is 436 g/mol. The number of aryl methyl sites for hydroxylation is 3. The minimum Gasteiger partial charge on any atom is -0.493 e. The molecule has 0 radical (unpaired) electrons. The van der Waals surface area contributed by atoms with Crippen molar-refractivity contribution in [3.05, 3.63) is 93.5 Å². The fourth-order valence-electron chi connectivity index (χ4n) is 3.36. The summed E-state index contributed by atoms with van der Waals surface area (Å²) in [6.45, 7) is 6.43. The van der Waals surface area contributed by atoms with Gasteiger partial charge in [-0.25, -0.2) is 0 Å². The lowest BCUT2D eigenvalue weighted by atomic mass is 10.1. The number of hydrogen-bond acceptors (Lipinski definition) is 3. The van der Waals surface area contributed by atoms with E-state index in [1.807, 2.05) is 63.2 Å². The summed E-state index contributed by atoms with van der Waals surface area (Å²) < 4.78 is 11.3. The SMILES string of the molecule is COc1cc(/C=C/C(=O)Nc2c(C)cc(C)cc2C)ccc1OCc1ccc(Cl)cc1. The van der Waals surface area contributed by atoms with Crippen LogP contribution >= 0.6 is 11.6 Å². The number of rotatable bonds is 7. The van der Waals surface area contributed by atoms with Gasteiger partial charge in [0.2, 0.25) is 5.91 Å². The first kappa shape index (κ1) is 22.4. The monoisotopic (exact) mass is 435 g/mol. The van der Waals surface area contributed by atoms with E-state index in [1.165, 1.54) is 11.6 Å². The van der Waals surface area contributed by atoms with Crippen molar-refractivity contribution in [2.24, 2.45) is 0 Å². The molecule has 160 valence electrons. The molecular weight excluding hydrogens is 410 g/mol. The van der Waals surface area contributed by atoms with Crippen LogP contribution in [0.25, 0.3) is 6.08 Å². The maximum atomic E-state index is 12.4. The van der Waals surface area contributed by atoms with E-state index in [4.69, 9.17) is 21.1 Å². The lowest BCUT2D eigenvalue weighted by molar-refractivity contribution is -0.111. The number of halogens is 1. The number of ether oxygens (including phenoxy) is 2. The molecule has 0 spiro atoms. The van der Waals surface area contributed by atoms with Crippen LogP contribution in [0.1, 0.15) is 27.8 Å². The Hall–Kier alpha value is -3.24. The van der Waals surface area contributed by atoms with Crippen LogP contribution in [0.4, 0.5) is 5.69 Å². The molecule has 0 atom stereocenters. The van der Waals surface area contributed by atoms with E-state index in [-0.39, 0.29) is 5.91 Å². The number of anilines is 1. The Bertz CT molecular complexity index is 1080. The fraction of sp³-hybridized carbons (Fsp3) is 0.192. The van der Waals surface area contributed by atoms with Gasteiger partial charge in [0.05, 0.1) is 7.11 Å². The molecule has 0 bridgehead atoms. The van der Waals surface area contributed by atoms with E-state index in [2.05, 4.69) is 17.4 Å². The highest BCUT2D eigenvalue weighted by Crippen LogP contribution is 2.29. The van der Waals surface area contributed by atoms with Crippen molar-refractivity contribution < 1.29 is 14.3 Å². The largest absolute Gasteiger partial charge is 0.493 e. The van der Waals surface area contributed by atoms with Crippen LogP contribution in [-0.4, -0.2) is 13.0 Å². The van der Waals surface area contributed by atoms with Crippen LogP contribution in [0.3, 0.4) is 0 Å². The number of nitrogens with one attached hydrogen (secondary N) is 1. The van der Waals surface area contributed by atoms with Crippen LogP contribution in [0, 0.1) is 20.8 Å². The summed E-state index contributed by atoms with van der Waals surface area (Å²) >= 11 is 5.92. The van der Waals surface area contributed by atoms with Crippen LogP contribution in [-0.2, 0) is 11.4 Å². The smallest absolute Gasteiger partial charge is 0.248 e. The molecule has 0 unspecified atom stereocenters. The van der Waals surface area contributed by atoms with Crippen molar-refractivity contribution in [1.29, 1.82) is 0 Å². The van der Waals surface area contributed by atoms with Gasteiger partial charge in [0.25, 0.3) is 0 Å². The predicted molar refractivity (Wildman–Crippen MR) is 127 cm³/mol. The quantitative estimate of drug-likeness (QED) is 0.430. The molecule has 0 aliphatic heterocycles. The topological polar surface area (TPSA) is 47.6 Å². The maximum Gasteiger partial charge on any atom is 0.248 e. The predicted octanol–water partition coefficient (Wildman–Crippen LogP) is 6.50. The lowest BCUT2D eigenvalue weighted by Gasteiger charge is -2.12. The van der Waals surface area contributed by atoms with Gasteiger partial charge in [0, 0.05) is 16.8 Å². The van der Waals surface area contributed by atoms with Gasteiger partial charge >= 0.3 is 0 Å². The van der Waals surface area contributed by atoms with Crippen LogP contribution in [0.5, 0.6) is 11.5 Å². The van der Waals surface area contributed by atoms with E-state index >= 15 is 0 Å². The number of carbonyl (C=O) groups is 1. The van der Waals surface area contributed by atoms with Crippen molar-refractivity contribution in [2.45, 2.75) is 27.4 Å². The molecule has 0 aromatic heterocycles. The Morgan fingerprint density at radius 2 is 1.65 bits per heavy atom. The molecule has 31 heavy (non-hydrogen) atoms. The zero-order chi connectivity index (χ0) is 22.4. The molecule has 3 rings (SSSR count). The average Bonchev–Trinajstić information content (AvgIpc) is 2.74. The summed E-state index contributed by atoms with van der Waals surface area (Å²) in [6, 6.07) is 17.2. The van der Waals surface area contributed by atoms with Crippen LogP contribution < -0.4 is 14.8 Å². The summed E-state index contributed by atoms with van der Waals surface area (Å²) in [5, 5.41) is 3.66. The Morgan fingerprint density at radius 3 is 2.29 bits per heavy atom. The summed E-state index contributed by atoms with van der Waals surface area (Å²) in [5.41, 5.74) is 5.96. The van der Waals surface area contributed by atoms with Gasteiger partial charge in [-0.15, -0.1) is 0 Å². The zero-order valence-electron chi connectivity index (χ0n) is 18.2. The number of methoxy groups -OCH3 is 1. The van der Waals surface area contributed by atoms with E-state index in [9.17, 15) is 4.79 Å². The molecule has 5 heteroatoms. The molecule has 0 saturated heterocycles. The van der Waals surface area contributed by atoms with Gasteiger partial charge < -0.3 is 14.8 Å². The molecule has 3 aromatic carbocycles. The molecular formula is C26H26ClNO3. The molecule has 1 N–H and O–H groups in total. The second-order valence-corrected chi connectivity index (χ2v) is 7.86. The van der Waals surface area contributed by atoms with Crippen molar-refractivity contribution in [3.8, 4) is 11.5 Å². The fourth-order valence-corrected chi connectivity index (χ4v) is 3.49. The van der Waals surface area contributed by atoms with E-state index < -0.39 is 0 Å². The second kappa shape index (κ2) is 10.2. The van der Waals surface area contributed by atoms with Crippen molar-refractivity contribution in [1.82, 2.24) is 0 Å². The molecule has 0 fully saturated rings. The summed E-state index contributed by atoms with van der Waals surface area (Å²) in [4.78, 5) is 12.4. The van der Waals surface area contributed by atoms with Crippen molar-refractivity contribution in [2.75, 3.05) is 12.4 Å². The number of carbonyl (C=O) groups excluding carboxylic acids is 1. The third-order valence-corrected chi connectivity index (χ3v) is 5.10. The molecule has 0 aliphatic rings. The van der Waals surface area contributed by atoms with Gasteiger partial charge in [-0.2, -0.15) is 0 Å². The van der Waals surface area contributed by atoms with E-state index in [1.54, 1.807) is 13.2 Å². The Kier molecular flexibility index (Phi) is 7.37. The normalized spacial score (nSPS) is 10.9. The van der Waals surface area contributed by atoms with Crippen LogP contribution in [0.2, 0.25) is 5.02 Å². The van der Waals surface area contributed by atoms with Gasteiger partial charge in [0.1, 0.15) is 6.61 Å². The Morgan fingerprint density at radius 1 is 0.968 bits per heavy atom. The lowest BCUT2D eigenvalue weighted by Crippen LogP contribution is -2.10. The summed E-state index contributed by atoms with van der Waals surface area (Å²) in [5.74, 6) is 1.05. The number of benzene rings is 3. The first-order valence-corrected chi connectivity index (χ1v) is 10.4. The van der Waals surface area contributed by atoms with Crippen molar-refractivity contribution >= 4 is 29.3 Å². The number of hydrogen-bond donors (Lipinski definition) is 1. The van der Waals surface area contributed by atoms with Crippen LogP contribution in [0.15, 0.2) is 60.7 Å². The van der Waals surface area contributed by atoms with Crippen molar-refractivity contribution in [3.63, 3.8) is 0 Å². The molecule has 0 heterocycles. The van der Waals surface area contributed by atoms with Gasteiger partial charge in [-0.1, -0.05) is 47.5 Å². The highest BCUT2D eigenvalue weighted by molar-refractivity contribution is 6.30. The maximum absolute atomic E-state index is 12.4. The third-order valence-electron chi connectivity index (χ3n) is 4.85. The van der Waals surface area contributed by atoms with Gasteiger partial charge in [-0.3, -0.25) is 4.79 Å². The first-order chi connectivity index (χ1) is 14.9. The molecule has 4 nitrogen and oxygen atoms in total. The standard InChI is InChI=1S/C26H26ClNO3/c1-17-13-18(2)26(19(3)14-17)28-25(29)12-8-20-7-11-23(24(15-20)30-4)31-16-21-5-9-22(27)10-6-21/h5-15H,16H2,1-4H3,(H,28,29)/b12-8+. The Labute approximate surface area is 188 Å². The highest BCUT2D eigenvalue weighted by Gasteiger charge is 2.08. The summed E-state index contributed by atoms with van der Waals surface area (Å²) in [7, 11) is 1.59. The van der Waals surface area contributed by atoms with Gasteiger partial charge in [0.15, 0.2) is 11.5 Å². The first-order valence-electron chi connectivity index (χ1n) is 9.98. The minimum absolute atomic E-state index is 0.183. The molecule has 3 aromatic rings. The third kappa shape index (κ3) is 6.12. The second-order valence-electron chi connectivity index (χ2n) is 7.42. The van der Waals surface area contributed by atoms with Gasteiger partial charge in [-0.05, 0) is 73.4 Å². The van der Waals surface area contributed by atoms with E-state index in [0.717, 1.165) is 27.9 Å². The molecule has 1 amide bonds.